The first-order valence-corrected chi connectivity index (χ1v) is 6.15. The number of benzene rings is 1. The third-order valence-corrected chi connectivity index (χ3v) is 3.49. The van der Waals surface area contributed by atoms with Gasteiger partial charge in [-0.25, -0.2) is 0 Å². The molecule has 0 spiro atoms. The lowest BCUT2D eigenvalue weighted by atomic mass is 10.1. The fourth-order valence-electron chi connectivity index (χ4n) is 1.94. The lowest BCUT2D eigenvalue weighted by molar-refractivity contribution is 0.112. The Morgan fingerprint density at radius 2 is 2.25 bits per heavy atom. The van der Waals surface area contributed by atoms with Gasteiger partial charge in [0.15, 0.2) is 6.29 Å². The summed E-state index contributed by atoms with van der Waals surface area (Å²) in [7, 11) is 0. The minimum atomic E-state index is 0.702. The average molecular weight is 280 g/mol. The van der Waals surface area contributed by atoms with E-state index in [1.54, 1.807) is 0 Å². The average Bonchev–Trinajstić information content (AvgIpc) is 2.29. The predicted octanol–water partition coefficient (Wildman–Crippen LogP) is 3.42. The van der Waals surface area contributed by atoms with Crippen molar-refractivity contribution >= 4 is 27.9 Å². The van der Waals surface area contributed by atoms with Crippen molar-refractivity contribution in [3.63, 3.8) is 0 Å². The topological polar surface area (TPSA) is 20.3 Å². The summed E-state index contributed by atoms with van der Waals surface area (Å²) >= 11 is 3.42. The van der Waals surface area contributed by atoms with Crippen molar-refractivity contribution in [1.82, 2.24) is 0 Å². The number of hydrogen-bond donors (Lipinski definition) is 0. The normalized spacial score (nSPS) is 15.9. The van der Waals surface area contributed by atoms with Gasteiger partial charge in [0, 0.05) is 28.8 Å². The second-order valence-corrected chi connectivity index (χ2v) is 4.94. The molecule has 1 aliphatic rings. The van der Waals surface area contributed by atoms with E-state index in [2.05, 4.69) is 33.8 Å². The number of aldehydes is 1. The molecule has 1 aromatic carbocycles. The van der Waals surface area contributed by atoms with Crippen LogP contribution in [0.5, 0.6) is 0 Å². The molecule has 0 N–H and O–H groups in total. The number of nitrogens with zero attached hydrogens (tertiary/aromatic N) is 1. The van der Waals surface area contributed by atoms with Crippen LogP contribution in [0.2, 0.25) is 0 Å². The summed E-state index contributed by atoms with van der Waals surface area (Å²) < 4.78 is 0.868. The van der Waals surface area contributed by atoms with Crippen molar-refractivity contribution in [2.75, 3.05) is 18.0 Å². The Labute approximate surface area is 104 Å². The summed E-state index contributed by atoms with van der Waals surface area (Å²) in [6, 6.07) is 5.88. The van der Waals surface area contributed by atoms with E-state index in [-0.39, 0.29) is 0 Å². The minimum Gasteiger partial charge on any atom is -0.367 e. The number of halogens is 1. The molecule has 2 rings (SSSR count). The van der Waals surface area contributed by atoms with E-state index < -0.39 is 0 Å². The second kappa shape index (κ2) is 4.83. The molecule has 0 bridgehead atoms. The van der Waals surface area contributed by atoms with Gasteiger partial charge in [-0.3, -0.25) is 4.79 Å². The summed E-state index contributed by atoms with van der Waals surface area (Å²) in [5.74, 6) is 0. The van der Waals surface area contributed by atoms with Crippen LogP contribution >= 0.6 is 15.9 Å². The van der Waals surface area contributed by atoms with Gasteiger partial charge in [0.05, 0.1) is 0 Å². The summed E-state index contributed by atoms with van der Waals surface area (Å²) in [6.07, 6.45) is 4.25. The summed E-state index contributed by atoms with van der Waals surface area (Å²) in [6.45, 7) is 4.18. The standard InChI is InChI=1S/C13H14BrNO/c1-10-3-2-6-15(8-10)12-5-4-11(9-16)13(14)7-12/h3-5,7,9H,2,6,8H2,1H3. The zero-order chi connectivity index (χ0) is 11.5. The van der Waals surface area contributed by atoms with E-state index in [0.29, 0.717) is 5.56 Å². The first kappa shape index (κ1) is 11.4. The molecule has 0 unspecified atom stereocenters. The minimum absolute atomic E-state index is 0.702. The first-order valence-electron chi connectivity index (χ1n) is 5.36. The van der Waals surface area contributed by atoms with Crippen LogP contribution in [0.3, 0.4) is 0 Å². The van der Waals surface area contributed by atoms with Crippen molar-refractivity contribution < 1.29 is 4.79 Å². The SMILES string of the molecule is CC1=CCCN(c2ccc(C=O)c(Br)c2)C1. The molecule has 0 saturated carbocycles. The number of hydrogen-bond acceptors (Lipinski definition) is 2. The Hall–Kier alpha value is -1.09. The summed E-state index contributed by atoms with van der Waals surface area (Å²) in [5.41, 5.74) is 3.28. The van der Waals surface area contributed by atoms with Gasteiger partial charge in [0.2, 0.25) is 0 Å². The highest BCUT2D eigenvalue weighted by Gasteiger charge is 2.11. The molecular formula is C13H14BrNO. The lowest BCUT2D eigenvalue weighted by Crippen LogP contribution is -2.29. The highest BCUT2D eigenvalue weighted by molar-refractivity contribution is 9.10. The lowest BCUT2D eigenvalue weighted by Gasteiger charge is -2.28. The molecule has 0 radical (unpaired) electrons. The monoisotopic (exact) mass is 279 g/mol. The number of carbonyl (C=O) groups excluding carboxylic acids is 1. The van der Waals surface area contributed by atoms with Crippen molar-refractivity contribution in [2.24, 2.45) is 0 Å². The Bertz CT molecular complexity index is 440. The van der Waals surface area contributed by atoms with Crippen molar-refractivity contribution in [3.05, 3.63) is 39.9 Å². The maximum atomic E-state index is 10.7. The smallest absolute Gasteiger partial charge is 0.151 e. The molecule has 1 heterocycles. The molecule has 3 heteroatoms. The van der Waals surface area contributed by atoms with Crippen LogP contribution in [-0.4, -0.2) is 19.4 Å². The number of carbonyl (C=O) groups is 1. The zero-order valence-corrected chi connectivity index (χ0v) is 10.8. The van der Waals surface area contributed by atoms with Crippen LogP contribution < -0.4 is 4.90 Å². The Kier molecular flexibility index (Phi) is 3.44. The van der Waals surface area contributed by atoms with Crippen molar-refractivity contribution in [1.29, 1.82) is 0 Å². The number of rotatable bonds is 2. The van der Waals surface area contributed by atoms with Gasteiger partial charge in [0.25, 0.3) is 0 Å². The van der Waals surface area contributed by atoms with E-state index in [4.69, 9.17) is 0 Å². The molecule has 0 aromatic heterocycles. The molecule has 0 atom stereocenters. The second-order valence-electron chi connectivity index (χ2n) is 4.08. The summed E-state index contributed by atoms with van der Waals surface area (Å²) in [4.78, 5) is 13.0. The van der Waals surface area contributed by atoms with E-state index >= 15 is 0 Å². The molecular weight excluding hydrogens is 266 g/mol. The van der Waals surface area contributed by atoms with Gasteiger partial charge in [-0.2, -0.15) is 0 Å². The van der Waals surface area contributed by atoms with Crippen LogP contribution in [0.1, 0.15) is 23.7 Å². The van der Waals surface area contributed by atoms with Crippen LogP contribution in [0.25, 0.3) is 0 Å². The molecule has 84 valence electrons. The van der Waals surface area contributed by atoms with Crippen LogP contribution in [-0.2, 0) is 0 Å². The Morgan fingerprint density at radius 1 is 1.44 bits per heavy atom. The van der Waals surface area contributed by atoms with E-state index in [9.17, 15) is 4.79 Å². The highest BCUT2D eigenvalue weighted by atomic mass is 79.9. The molecule has 2 nitrogen and oxygen atoms in total. The molecule has 16 heavy (non-hydrogen) atoms. The van der Waals surface area contributed by atoms with Gasteiger partial charge in [-0.05, 0) is 47.5 Å². The third kappa shape index (κ3) is 2.35. The Morgan fingerprint density at radius 3 is 2.88 bits per heavy atom. The quantitative estimate of drug-likeness (QED) is 0.611. The molecule has 1 aromatic rings. The summed E-state index contributed by atoms with van der Waals surface area (Å²) in [5, 5.41) is 0. The first-order chi connectivity index (χ1) is 7.70. The van der Waals surface area contributed by atoms with Crippen LogP contribution in [0, 0.1) is 0 Å². The van der Waals surface area contributed by atoms with E-state index in [0.717, 1.165) is 30.3 Å². The van der Waals surface area contributed by atoms with Crippen LogP contribution in [0.15, 0.2) is 34.3 Å². The van der Waals surface area contributed by atoms with Gasteiger partial charge in [0.1, 0.15) is 0 Å². The van der Waals surface area contributed by atoms with E-state index in [1.807, 2.05) is 18.2 Å². The molecule has 0 aliphatic carbocycles. The van der Waals surface area contributed by atoms with Gasteiger partial charge in [-0.1, -0.05) is 11.6 Å². The molecule has 0 amide bonds. The molecule has 0 saturated heterocycles. The van der Waals surface area contributed by atoms with E-state index in [1.165, 1.54) is 11.3 Å². The fourth-order valence-corrected chi connectivity index (χ4v) is 2.40. The highest BCUT2D eigenvalue weighted by Crippen LogP contribution is 2.25. The van der Waals surface area contributed by atoms with Gasteiger partial charge >= 0.3 is 0 Å². The van der Waals surface area contributed by atoms with Gasteiger partial charge < -0.3 is 4.90 Å². The molecule has 0 fully saturated rings. The predicted molar refractivity (Wildman–Crippen MR) is 70.1 cm³/mol. The maximum Gasteiger partial charge on any atom is 0.151 e. The third-order valence-electron chi connectivity index (χ3n) is 2.81. The van der Waals surface area contributed by atoms with Crippen LogP contribution in [0.4, 0.5) is 5.69 Å². The van der Waals surface area contributed by atoms with Crippen molar-refractivity contribution in [3.8, 4) is 0 Å². The fraction of sp³-hybridized carbons (Fsp3) is 0.308. The number of anilines is 1. The molecule has 1 aliphatic heterocycles. The van der Waals surface area contributed by atoms with Crippen molar-refractivity contribution in [2.45, 2.75) is 13.3 Å². The zero-order valence-electron chi connectivity index (χ0n) is 9.24. The maximum absolute atomic E-state index is 10.7. The Balaban J connectivity index is 2.24. The van der Waals surface area contributed by atoms with Gasteiger partial charge in [-0.15, -0.1) is 0 Å². The largest absolute Gasteiger partial charge is 0.367 e.